The Balaban J connectivity index is 1.81. The molecule has 5 heteroatoms. The molecule has 0 bridgehead atoms. The number of aromatic amines is 1. The topological polar surface area (TPSA) is 83.8 Å². The Kier molecular flexibility index (Phi) is 4.01. The highest BCUT2D eigenvalue weighted by Gasteiger charge is 2.13. The van der Waals surface area contributed by atoms with E-state index in [0.29, 0.717) is 5.82 Å². The Morgan fingerprint density at radius 2 is 2.18 bits per heavy atom. The first-order valence-electron chi connectivity index (χ1n) is 6.34. The summed E-state index contributed by atoms with van der Waals surface area (Å²) < 4.78 is 0. The van der Waals surface area contributed by atoms with Gasteiger partial charge in [0.1, 0.15) is 5.69 Å². The highest BCUT2D eigenvalue weighted by atomic mass is 16.1. The van der Waals surface area contributed by atoms with Crippen LogP contribution in [0.3, 0.4) is 0 Å². The van der Waals surface area contributed by atoms with Crippen LogP contribution in [0.4, 0.5) is 11.5 Å². The molecule has 1 aromatic heterocycles. The van der Waals surface area contributed by atoms with Gasteiger partial charge >= 0.3 is 0 Å². The number of hydrogen-bond donors (Lipinski definition) is 3. The van der Waals surface area contributed by atoms with Crippen molar-refractivity contribution >= 4 is 11.5 Å². The predicted octanol–water partition coefficient (Wildman–Crippen LogP) is 1.73. The van der Waals surface area contributed by atoms with E-state index in [1.807, 2.05) is 0 Å². The van der Waals surface area contributed by atoms with Crippen LogP contribution in [0.1, 0.15) is 38.5 Å². The van der Waals surface area contributed by atoms with Crippen molar-refractivity contribution in [3.63, 3.8) is 0 Å². The van der Waals surface area contributed by atoms with Crippen LogP contribution < -0.4 is 16.6 Å². The van der Waals surface area contributed by atoms with Crippen molar-refractivity contribution in [2.45, 2.75) is 38.5 Å². The lowest BCUT2D eigenvalue weighted by Crippen LogP contribution is -2.18. The van der Waals surface area contributed by atoms with Gasteiger partial charge in [0.05, 0.1) is 6.33 Å². The summed E-state index contributed by atoms with van der Waals surface area (Å²) >= 11 is 0. The first-order valence-corrected chi connectivity index (χ1v) is 6.34. The van der Waals surface area contributed by atoms with Gasteiger partial charge in [0.15, 0.2) is 5.82 Å². The van der Waals surface area contributed by atoms with Gasteiger partial charge < -0.3 is 16.0 Å². The Morgan fingerprint density at radius 1 is 1.41 bits per heavy atom. The lowest BCUT2D eigenvalue weighted by atomic mass is 9.87. The average Bonchev–Trinajstić information content (AvgIpc) is 2.36. The Morgan fingerprint density at radius 3 is 2.94 bits per heavy atom. The first kappa shape index (κ1) is 12.0. The van der Waals surface area contributed by atoms with E-state index in [1.54, 1.807) is 0 Å². The molecule has 1 aliphatic rings. The molecule has 1 aliphatic carbocycles. The second kappa shape index (κ2) is 5.70. The zero-order chi connectivity index (χ0) is 12.1. The third kappa shape index (κ3) is 3.22. The molecule has 94 valence electrons. The summed E-state index contributed by atoms with van der Waals surface area (Å²) in [5.74, 6) is 1.32. The van der Waals surface area contributed by atoms with Crippen LogP contribution in [0.15, 0.2) is 11.1 Å². The number of nitrogen functional groups attached to an aromatic ring is 1. The maximum atomic E-state index is 11.2. The highest BCUT2D eigenvalue weighted by Crippen LogP contribution is 2.26. The number of aromatic nitrogens is 2. The third-order valence-electron chi connectivity index (χ3n) is 3.46. The van der Waals surface area contributed by atoms with Crippen LogP contribution >= 0.6 is 0 Å². The van der Waals surface area contributed by atoms with Crippen LogP contribution in [0.25, 0.3) is 0 Å². The monoisotopic (exact) mass is 236 g/mol. The van der Waals surface area contributed by atoms with Crippen molar-refractivity contribution in [2.75, 3.05) is 17.6 Å². The summed E-state index contributed by atoms with van der Waals surface area (Å²) in [4.78, 5) is 17.7. The number of H-pyrrole nitrogens is 1. The minimum absolute atomic E-state index is 0.177. The molecule has 1 saturated carbocycles. The molecule has 0 aliphatic heterocycles. The molecule has 1 aromatic rings. The molecule has 0 unspecified atom stereocenters. The van der Waals surface area contributed by atoms with E-state index in [0.717, 1.165) is 18.9 Å². The van der Waals surface area contributed by atoms with E-state index in [9.17, 15) is 4.79 Å². The molecule has 2 rings (SSSR count). The fourth-order valence-corrected chi connectivity index (χ4v) is 2.42. The van der Waals surface area contributed by atoms with Gasteiger partial charge in [-0.3, -0.25) is 4.79 Å². The Hall–Kier alpha value is -1.52. The molecule has 4 N–H and O–H groups in total. The van der Waals surface area contributed by atoms with E-state index < -0.39 is 0 Å². The van der Waals surface area contributed by atoms with Gasteiger partial charge in [-0.25, -0.2) is 4.98 Å². The van der Waals surface area contributed by atoms with Crippen molar-refractivity contribution in [3.05, 3.63) is 16.7 Å². The van der Waals surface area contributed by atoms with Crippen molar-refractivity contribution in [2.24, 2.45) is 5.92 Å². The SMILES string of the molecule is Nc1c(NCCC2CCCCC2)nc[nH]c1=O. The molecule has 0 saturated heterocycles. The highest BCUT2D eigenvalue weighted by molar-refractivity contribution is 5.58. The number of hydrogen-bond acceptors (Lipinski definition) is 4. The van der Waals surface area contributed by atoms with Crippen LogP contribution in [-0.4, -0.2) is 16.5 Å². The summed E-state index contributed by atoms with van der Waals surface area (Å²) in [5, 5.41) is 3.14. The van der Waals surface area contributed by atoms with Crippen LogP contribution in [0.5, 0.6) is 0 Å². The number of nitrogens with zero attached hydrogens (tertiary/aromatic N) is 1. The average molecular weight is 236 g/mol. The molecule has 1 fully saturated rings. The molecule has 0 atom stereocenters. The van der Waals surface area contributed by atoms with Gasteiger partial charge in [-0.15, -0.1) is 0 Å². The lowest BCUT2D eigenvalue weighted by molar-refractivity contribution is 0.345. The fraction of sp³-hybridized carbons (Fsp3) is 0.667. The summed E-state index contributed by atoms with van der Waals surface area (Å²) in [6.45, 7) is 0.839. The zero-order valence-corrected chi connectivity index (χ0v) is 10.0. The summed E-state index contributed by atoms with van der Waals surface area (Å²) in [6.07, 6.45) is 9.27. The molecule has 5 nitrogen and oxygen atoms in total. The maximum Gasteiger partial charge on any atom is 0.276 e. The van der Waals surface area contributed by atoms with E-state index in [4.69, 9.17) is 5.73 Å². The normalized spacial score (nSPS) is 16.9. The number of anilines is 2. The van der Waals surface area contributed by atoms with Crippen molar-refractivity contribution in [3.8, 4) is 0 Å². The Bertz CT molecular complexity index is 409. The number of nitrogens with one attached hydrogen (secondary N) is 2. The summed E-state index contributed by atoms with van der Waals surface area (Å²) in [7, 11) is 0. The summed E-state index contributed by atoms with van der Waals surface area (Å²) in [6, 6.07) is 0. The number of rotatable bonds is 4. The second-order valence-electron chi connectivity index (χ2n) is 4.71. The van der Waals surface area contributed by atoms with Crippen LogP contribution in [0.2, 0.25) is 0 Å². The maximum absolute atomic E-state index is 11.2. The molecule has 0 radical (unpaired) electrons. The Labute approximate surface area is 101 Å². The minimum Gasteiger partial charge on any atom is -0.391 e. The largest absolute Gasteiger partial charge is 0.391 e. The number of nitrogens with two attached hydrogens (primary N) is 1. The van der Waals surface area contributed by atoms with E-state index >= 15 is 0 Å². The standard InChI is InChI=1S/C12H20N4O/c13-10-11(15-8-16-12(10)17)14-7-6-9-4-2-1-3-5-9/h8-9H,1-7,13H2,(H2,14,15,16,17). The fourth-order valence-electron chi connectivity index (χ4n) is 2.42. The van der Waals surface area contributed by atoms with Crippen molar-refractivity contribution < 1.29 is 0 Å². The molecular formula is C12H20N4O. The first-order chi connectivity index (χ1) is 8.27. The van der Waals surface area contributed by atoms with Gasteiger partial charge in [0.25, 0.3) is 5.56 Å². The quantitative estimate of drug-likeness (QED) is 0.743. The molecule has 0 amide bonds. The van der Waals surface area contributed by atoms with Crippen molar-refractivity contribution in [1.29, 1.82) is 0 Å². The van der Waals surface area contributed by atoms with Gasteiger partial charge in [-0.2, -0.15) is 0 Å². The molecule has 1 heterocycles. The molecule has 0 aromatic carbocycles. The third-order valence-corrected chi connectivity index (χ3v) is 3.46. The van der Waals surface area contributed by atoms with Crippen LogP contribution in [0, 0.1) is 5.92 Å². The minimum atomic E-state index is -0.278. The zero-order valence-electron chi connectivity index (χ0n) is 10.0. The van der Waals surface area contributed by atoms with Gasteiger partial charge in [-0.1, -0.05) is 32.1 Å². The van der Waals surface area contributed by atoms with Crippen molar-refractivity contribution in [1.82, 2.24) is 9.97 Å². The van der Waals surface area contributed by atoms with Gasteiger partial charge in [0.2, 0.25) is 0 Å². The van der Waals surface area contributed by atoms with E-state index in [1.165, 1.54) is 38.4 Å². The van der Waals surface area contributed by atoms with Gasteiger partial charge in [0, 0.05) is 6.54 Å². The smallest absolute Gasteiger partial charge is 0.276 e. The predicted molar refractivity (Wildman–Crippen MR) is 69.0 cm³/mol. The van der Waals surface area contributed by atoms with E-state index in [-0.39, 0.29) is 11.2 Å². The van der Waals surface area contributed by atoms with E-state index in [2.05, 4.69) is 15.3 Å². The lowest BCUT2D eigenvalue weighted by Gasteiger charge is -2.21. The summed E-state index contributed by atoms with van der Waals surface area (Å²) in [5.41, 5.74) is 5.53. The van der Waals surface area contributed by atoms with Gasteiger partial charge in [-0.05, 0) is 12.3 Å². The van der Waals surface area contributed by atoms with Crippen LogP contribution in [-0.2, 0) is 0 Å². The molecule has 17 heavy (non-hydrogen) atoms. The molecular weight excluding hydrogens is 216 g/mol. The second-order valence-corrected chi connectivity index (χ2v) is 4.71. The molecule has 0 spiro atoms.